The van der Waals surface area contributed by atoms with Crippen LogP contribution in [0.5, 0.6) is 0 Å². The maximum atomic E-state index is 5.51. The fourth-order valence-electron chi connectivity index (χ4n) is 1.03. The lowest BCUT2D eigenvalue weighted by Gasteiger charge is -2.18. The Morgan fingerprint density at radius 1 is 0.778 bits per heavy atom. The number of terminal acetylenes is 2. The maximum Gasteiger partial charge on any atom is 0.0576 e. The Bertz CT molecular complexity index is 370. The first-order chi connectivity index (χ1) is 8.07. The van der Waals surface area contributed by atoms with Crippen LogP contribution in [0.2, 0.25) is 0 Å². The minimum Gasteiger partial charge on any atom is -0.114 e. The highest BCUT2D eigenvalue weighted by atomic mass is 32.2. The molecule has 0 N–H and O–H groups in total. The third kappa shape index (κ3) is 9.34. The predicted molar refractivity (Wildman–Crippen MR) is 88.5 cm³/mol. The van der Waals surface area contributed by atoms with Crippen molar-refractivity contribution in [3.8, 4) is 24.7 Å². The summed E-state index contributed by atoms with van der Waals surface area (Å²) in [4.78, 5) is 1.81. The molecule has 0 radical (unpaired) electrons. The van der Waals surface area contributed by atoms with Crippen LogP contribution in [-0.2, 0) is 0 Å². The van der Waals surface area contributed by atoms with Gasteiger partial charge < -0.3 is 0 Å². The molecular weight excluding hydrogens is 256 g/mol. The molecule has 0 amide bonds. The highest BCUT2D eigenvalue weighted by Crippen LogP contribution is 2.33. The molecule has 0 saturated carbocycles. The van der Waals surface area contributed by atoms with Gasteiger partial charge in [-0.05, 0) is 12.2 Å². The van der Waals surface area contributed by atoms with Gasteiger partial charge in [0.05, 0.1) is 9.81 Å². The molecule has 0 saturated heterocycles. The first-order valence-electron chi connectivity index (χ1n) is 5.80. The summed E-state index contributed by atoms with van der Waals surface area (Å²) in [6, 6.07) is 0. The van der Waals surface area contributed by atoms with Crippen molar-refractivity contribution in [1.82, 2.24) is 0 Å². The first kappa shape index (κ1) is 17.3. The highest BCUT2D eigenvalue weighted by Gasteiger charge is 2.14. The standard InChI is InChI=1S/C16H22S2/c1-9-13(17-15(3,4)5)11-12-14(10-2)18-16(6,7)8/h1-2,11-12H,3-8H3/b13-11-,14-12-. The van der Waals surface area contributed by atoms with Crippen LogP contribution in [0, 0.1) is 24.7 Å². The van der Waals surface area contributed by atoms with Crippen molar-refractivity contribution in [2.24, 2.45) is 0 Å². The van der Waals surface area contributed by atoms with Crippen LogP contribution in [0.1, 0.15) is 41.5 Å². The summed E-state index contributed by atoms with van der Waals surface area (Å²) in [7, 11) is 0. The van der Waals surface area contributed by atoms with E-state index in [4.69, 9.17) is 12.8 Å². The molecule has 0 aromatic carbocycles. The SMILES string of the molecule is C#C/C(=C/C=C(/C#C)SC(C)(C)C)SC(C)(C)C. The third-order valence-electron chi connectivity index (χ3n) is 1.50. The molecule has 0 aromatic heterocycles. The summed E-state index contributed by atoms with van der Waals surface area (Å²) >= 11 is 3.35. The number of hydrogen-bond acceptors (Lipinski definition) is 2. The van der Waals surface area contributed by atoms with Gasteiger partial charge in [0.2, 0.25) is 0 Å². The van der Waals surface area contributed by atoms with E-state index in [2.05, 4.69) is 53.4 Å². The summed E-state index contributed by atoms with van der Waals surface area (Å²) in [5.41, 5.74) is 0. The second-order valence-corrected chi connectivity index (χ2v) is 9.52. The van der Waals surface area contributed by atoms with E-state index < -0.39 is 0 Å². The van der Waals surface area contributed by atoms with Crippen LogP contribution in [0.3, 0.4) is 0 Å². The fourth-order valence-corrected chi connectivity index (χ4v) is 2.74. The van der Waals surface area contributed by atoms with Crippen molar-refractivity contribution < 1.29 is 0 Å². The average Bonchev–Trinajstić information content (AvgIpc) is 2.18. The Balaban J connectivity index is 4.94. The molecule has 0 aromatic rings. The molecule has 0 aliphatic carbocycles. The van der Waals surface area contributed by atoms with E-state index in [-0.39, 0.29) is 9.49 Å². The van der Waals surface area contributed by atoms with Gasteiger partial charge in [0.1, 0.15) is 0 Å². The number of rotatable bonds is 3. The second-order valence-electron chi connectivity index (χ2n) is 5.78. The van der Waals surface area contributed by atoms with Crippen LogP contribution in [0.4, 0.5) is 0 Å². The Kier molecular flexibility index (Phi) is 6.76. The Labute approximate surface area is 121 Å². The molecule has 0 atom stereocenters. The second kappa shape index (κ2) is 7.03. The normalized spacial score (nSPS) is 14.0. The van der Waals surface area contributed by atoms with Gasteiger partial charge in [0, 0.05) is 9.49 Å². The van der Waals surface area contributed by atoms with Crippen LogP contribution >= 0.6 is 23.5 Å². The molecule has 0 nitrogen and oxygen atoms in total. The van der Waals surface area contributed by atoms with E-state index in [1.165, 1.54) is 0 Å². The Morgan fingerprint density at radius 3 is 1.22 bits per heavy atom. The van der Waals surface area contributed by atoms with E-state index >= 15 is 0 Å². The van der Waals surface area contributed by atoms with Crippen LogP contribution in [0.25, 0.3) is 0 Å². The van der Waals surface area contributed by atoms with Crippen LogP contribution in [-0.4, -0.2) is 9.49 Å². The van der Waals surface area contributed by atoms with Gasteiger partial charge in [0.15, 0.2) is 0 Å². The van der Waals surface area contributed by atoms with E-state index in [1.807, 2.05) is 12.2 Å². The molecule has 0 unspecified atom stereocenters. The molecule has 98 valence electrons. The van der Waals surface area contributed by atoms with Crippen molar-refractivity contribution in [3.05, 3.63) is 22.0 Å². The average molecular weight is 278 g/mol. The molecular formula is C16H22S2. The third-order valence-corrected chi connectivity index (χ3v) is 3.68. The summed E-state index contributed by atoms with van der Waals surface area (Å²) in [6.45, 7) is 12.8. The molecule has 0 rings (SSSR count). The van der Waals surface area contributed by atoms with Gasteiger partial charge in [-0.3, -0.25) is 0 Å². The largest absolute Gasteiger partial charge is 0.114 e. The molecule has 0 heterocycles. The van der Waals surface area contributed by atoms with E-state index in [9.17, 15) is 0 Å². The summed E-state index contributed by atoms with van der Waals surface area (Å²) in [5, 5.41) is 0. The molecule has 2 heteroatoms. The smallest absolute Gasteiger partial charge is 0.0576 e. The summed E-state index contributed by atoms with van der Waals surface area (Å²) in [6.07, 6.45) is 14.9. The zero-order chi connectivity index (χ0) is 14.4. The summed E-state index contributed by atoms with van der Waals surface area (Å²) < 4.78 is 0.221. The van der Waals surface area contributed by atoms with Crippen molar-refractivity contribution >= 4 is 23.5 Å². The lowest BCUT2D eigenvalue weighted by atomic mass is 10.3. The van der Waals surface area contributed by atoms with Gasteiger partial charge in [-0.2, -0.15) is 0 Å². The lowest BCUT2D eigenvalue weighted by Crippen LogP contribution is -2.07. The zero-order valence-electron chi connectivity index (χ0n) is 12.1. The van der Waals surface area contributed by atoms with E-state index in [1.54, 1.807) is 23.5 Å². The maximum absolute atomic E-state index is 5.51. The molecule has 0 fully saturated rings. The Hall–Kier alpha value is -0.700. The fraction of sp³-hybridized carbons (Fsp3) is 0.500. The van der Waals surface area contributed by atoms with Gasteiger partial charge in [0.25, 0.3) is 0 Å². The quantitative estimate of drug-likeness (QED) is 0.521. The van der Waals surface area contributed by atoms with Crippen LogP contribution in [0.15, 0.2) is 22.0 Å². The number of hydrogen-bond donors (Lipinski definition) is 0. The lowest BCUT2D eigenvalue weighted by molar-refractivity contribution is 0.806. The topological polar surface area (TPSA) is 0 Å². The number of thioether (sulfide) groups is 2. The molecule has 0 aliphatic heterocycles. The highest BCUT2D eigenvalue weighted by molar-refractivity contribution is 8.05. The predicted octanol–water partition coefficient (Wildman–Crippen LogP) is 5.08. The van der Waals surface area contributed by atoms with E-state index in [0.717, 1.165) is 9.81 Å². The van der Waals surface area contributed by atoms with Crippen molar-refractivity contribution in [1.29, 1.82) is 0 Å². The van der Waals surface area contributed by atoms with Gasteiger partial charge >= 0.3 is 0 Å². The zero-order valence-corrected chi connectivity index (χ0v) is 13.8. The monoisotopic (exact) mass is 278 g/mol. The molecule has 0 aliphatic rings. The molecule has 0 spiro atoms. The molecule has 0 bridgehead atoms. The summed E-state index contributed by atoms with van der Waals surface area (Å²) in [5.74, 6) is 5.41. The minimum absolute atomic E-state index is 0.111. The van der Waals surface area contributed by atoms with Crippen molar-refractivity contribution in [3.63, 3.8) is 0 Å². The first-order valence-corrected chi connectivity index (χ1v) is 7.44. The minimum atomic E-state index is 0.111. The van der Waals surface area contributed by atoms with Crippen molar-refractivity contribution in [2.45, 2.75) is 51.0 Å². The van der Waals surface area contributed by atoms with E-state index in [0.29, 0.717) is 0 Å². The number of allylic oxidation sites excluding steroid dienone is 4. The molecule has 18 heavy (non-hydrogen) atoms. The van der Waals surface area contributed by atoms with Crippen molar-refractivity contribution in [2.75, 3.05) is 0 Å². The van der Waals surface area contributed by atoms with Gasteiger partial charge in [-0.25, -0.2) is 0 Å². The Morgan fingerprint density at radius 2 is 1.06 bits per heavy atom. The van der Waals surface area contributed by atoms with Gasteiger partial charge in [-0.15, -0.1) is 36.4 Å². The van der Waals surface area contributed by atoms with Crippen LogP contribution < -0.4 is 0 Å². The van der Waals surface area contributed by atoms with Gasteiger partial charge in [-0.1, -0.05) is 53.4 Å².